The number of hydrogen-bond donors (Lipinski definition) is 1. The molecular weight excluding hydrogens is 393 g/mol. The zero-order chi connectivity index (χ0) is 22.1. The molecule has 1 aliphatic heterocycles. The number of aliphatic carboxylic acids is 1. The van der Waals surface area contributed by atoms with E-state index in [0.717, 1.165) is 0 Å². The zero-order valence-electron chi connectivity index (χ0n) is 16.8. The van der Waals surface area contributed by atoms with Crippen molar-refractivity contribution in [2.24, 2.45) is 0 Å². The summed E-state index contributed by atoms with van der Waals surface area (Å²) in [5.74, 6) is -2.15. The molecule has 0 spiro atoms. The third kappa shape index (κ3) is 4.76. The number of carboxylic acids is 1. The minimum atomic E-state index is -1.30. The Morgan fingerprint density at radius 1 is 1.03 bits per heavy atom. The first-order valence-corrected chi connectivity index (χ1v) is 9.37. The predicted octanol–water partition coefficient (Wildman–Crippen LogP) is 4.32. The molecule has 2 atom stereocenters. The van der Waals surface area contributed by atoms with Crippen LogP contribution in [0.15, 0.2) is 48.5 Å². The maximum atomic E-state index is 13.0. The Morgan fingerprint density at radius 2 is 1.57 bits per heavy atom. The van der Waals surface area contributed by atoms with Crippen molar-refractivity contribution in [3.05, 3.63) is 59.9 Å². The maximum absolute atomic E-state index is 13.0. The smallest absolute Gasteiger partial charge is 0.417 e. The number of imide groups is 1. The van der Waals surface area contributed by atoms with Gasteiger partial charge in [0.25, 0.3) is 0 Å². The average Bonchev–Trinajstić information content (AvgIpc) is 3.01. The van der Waals surface area contributed by atoms with E-state index in [1.807, 2.05) is 0 Å². The number of rotatable bonds is 4. The van der Waals surface area contributed by atoms with Gasteiger partial charge in [0.15, 0.2) is 0 Å². The molecule has 8 heteroatoms. The summed E-state index contributed by atoms with van der Waals surface area (Å²) in [6.07, 6.45) is -1.02. The summed E-state index contributed by atoms with van der Waals surface area (Å²) in [4.78, 5) is 37.6. The van der Waals surface area contributed by atoms with Crippen molar-refractivity contribution in [1.82, 2.24) is 4.90 Å². The lowest BCUT2D eigenvalue weighted by Crippen LogP contribution is -2.45. The molecule has 2 aromatic carbocycles. The zero-order valence-corrected chi connectivity index (χ0v) is 16.8. The van der Waals surface area contributed by atoms with Gasteiger partial charge >= 0.3 is 12.1 Å². The molecule has 0 bridgehead atoms. The fraction of sp³-hybridized carbons (Fsp3) is 0.318. The standard InChI is InChI=1S/C22H22FNO6/c1-22(2,3)30-21(28)24-18(20(26)27)12-17(19(24)25)13-4-8-15(9-5-13)29-16-10-6-14(23)7-11-16/h4-11,17-18H,12H2,1-3H3,(H,26,27)/t17-,18-/m1/s1. The van der Waals surface area contributed by atoms with E-state index in [0.29, 0.717) is 22.0 Å². The van der Waals surface area contributed by atoms with Crippen molar-refractivity contribution < 1.29 is 33.4 Å². The Hall–Kier alpha value is -3.42. The molecule has 158 valence electrons. The third-order valence-electron chi connectivity index (χ3n) is 4.51. The van der Waals surface area contributed by atoms with Gasteiger partial charge in [0, 0.05) is 0 Å². The van der Waals surface area contributed by atoms with Gasteiger partial charge in [0.05, 0.1) is 5.92 Å². The lowest BCUT2D eigenvalue weighted by atomic mass is 9.96. The molecule has 1 heterocycles. The summed E-state index contributed by atoms with van der Waals surface area (Å²) in [7, 11) is 0. The largest absolute Gasteiger partial charge is 0.480 e. The van der Waals surface area contributed by atoms with Crippen LogP contribution in [0.25, 0.3) is 0 Å². The van der Waals surface area contributed by atoms with E-state index in [-0.39, 0.29) is 12.2 Å². The van der Waals surface area contributed by atoms with Crippen molar-refractivity contribution in [2.45, 2.75) is 44.8 Å². The fourth-order valence-corrected chi connectivity index (χ4v) is 3.18. The minimum absolute atomic E-state index is 0.0500. The second-order valence-electron chi connectivity index (χ2n) is 7.96. The molecule has 0 saturated carbocycles. The highest BCUT2D eigenvalue weighted by molar-refractivity contribution is 6.02. The molecule has 30 heavy (non-hydrogen) atoms. The molecule has 2 amide bonds. The predicted molar refractivity (Wildman–Crippen MR) is 105 cm³/mol. The maximum Gasteiger partial charge on any atom is 0.417 e. The molecular formula is C22H22FNO6. The van der Waals surface area contributed by atoms with E-state index in [2.05, 4.69) is 0 Å². The van der Waals surface area contributed by atoms with Gasteiger partial charge in [-0.1, -0.05) is 12.1 Å². The monoisotopic (exact) mass is 415 g/mol. The van der Waals surface area contributed by atoms with Crippen molar-refractivity contribution in [3.8, 4) is 11.5 Å². The summed E-state index contributed by atoms with van der Waals surface area (Å²) in [6, 6.07) is 10.7. The molecule has 0 aliphatic carbocycles. The van der Waals surface area contributed by atoms with E-state index in [4.69, 9.17) is 9.47 Å². The number of hydrogen-bond acceptors (Lipinski definition) is 5. The van der Waals surface area contributed by atoms with Crippen molar-refractivity contribution in [2.75, 3.05) is 0 Å². The molecule has 0 radical (unpaired) electrons. The Morgan fingerprint density at radius 3 is 2.07 bits per heavy atom. The highest BCUT2D eigenvalue weighted by atomic mass is 19.1. The van der Waals surface area contributed by atoms with Crippen LogP contribution in [0.1, 0.15) is 38.7 Å². The van der Waals surface area contributed by atoms with E-state index in [1.54, 1.807) is 45.0 Å². The SMILES string of the molecule is CC(C)(C)OC(=O)N1C(=O)[C@@H](c2ccc(Oc3ccc(F)cc3)cc2)C[C@@H]1C(=O)O. The highest BCUT2D eigenvalue weighted by Crippen LogP contribution is 2.35. The van der Waals surface area contributed by atoms with Crippen molar-refractivity contribution >= 4 is 18.0 Å². The van der Waals surface area contributed by atoms with Gasteiger partial charge in [-0.15, -0.1) is 0 Å². The van der Waals surface area contributed by atoms with Crippen LogP contribution in [-0.4, -0.2) is 39.6 Å². The number of benzene rings is 2. The Labute approximate surface area is 173 Å². The van der Waals surface area contributed by atoms with Gasteiger partial charge in [0.1, 0.15) is 29.0 Å². The number of carbonyl (C=O) groups excluding carboxylic acids is 2. The minimum Gasteiger partial charge on any atom is -0.480 e. The Kier molecular flexibility index (Phi) is 5.78. The number of nitrogens with zero attached hydrogens (tertiary/aromatic N) is 1. The van der Waals surface area contributed by atoms with E-state index < -0.39 is 35.5 Å². The quantitative estimate of drug-likeness (QED) is 0.799. The normalized spacial score (nSPS) is 18.9. The van der Waals surface area contributed by atoms with Crippen LogP contribution in [0, 0.1) is 5.82 Å². The average molecular weight is 415 g/mol. The molecule has 0 aromatic heterocycles. The van der Waals surface area contributed by atoms with Crippen LogP contribution < -0.4 is 4.74 Å². The number of carboxylic acid groups (broad SMARTS) is 1. The third-order valence-corrected chi connectivity index (χ3v) is 4.51. The molecule has 2 aromatic rings. The topological polar surface area (TPSA) is 93.1 Å². The van der Waals surface area contributed by atoms with Crippen molar-refractivity contribution in [1.29, 1.82) is 0 Å². The molecule has 1 fully saturated rings. The highest BCUT2D eigenvalue weighted by Gasteiger charge is 2.48. The number of amides is 2. The lowest BCUT2D eigenvalue weighted by Gasteiger charge is -2.25. The molecule has 1 aliphatic rings. The van der Waals surface area contributed by atoms with Crippen LogP contribution in [0.2, 0.25) is 0 Å². The summed E-state index contributed by atoms with van der Waals surface area (Å²) < 4.78 is 23.8. The Balaban J connectivity index is 1.78. The van der Waals surface area contributed by atoms with E-state index >= 15 is 0 Å². The summed E-state index contributed by atoms with van der Waals surface area (Å²) >= 11 is 0. The molecule has 1 N–H and O–H groups in total. The van der Waals surface area contributed by atoms with E-state index in [1.165, 1.54) is 24.3 Å². The second kappa shape index (κ2) is 8.14. The molecule has 3 rings (SSSR count). The first-order chi connectivity index (χ1) is 14.0. The number of halogens is 1. The number of ether oxygens (including phenoxy) is 2. The van der Waals surface area contributed by atoms with Crippen LogP contribution in [0.5, 0.6) is 11.5 Å². The van der Waals surface area contributed by atoms with Crippen LogP contribution >= 0.6 is 0 Å². The van der Waals surface area contributed by atoms with Gasteiger partial charge in [-0.2, -0.15) is 0 Å². The van der Waals surface area contributed by atoms with Gasteiger partial charge < -0.3 is 14.6 Å². The van der Waals surface area contributed by atoms with Crippen LogP contribution in [0.4, 0.5) is 9.18 Å². The second-order valence-corrected chi connectivity index (χ2v) is 7.96. The first-order valence-electron chi connectivity index (χ1n) is 9.37. The van der Waals surface area contributed by atoms with Gasteiger partial charge in [0.2, 0.25) is 5.91 Å². The molecule has 0 unspecified atom stereocenters. The van der Waals surface area contributed by atoms with Gasteiger partial charge in [-0.25, -0.2) is 18.9 Å². The Bertz CT molecular complexity index is 949. The van der Waals surface area contributed by atoms with E-state index in [9.17, 15) is 23.9 Å². The van der Waals surface area contributed by atoms with Crippen molar-refractivity contribution in [3.63, 3.8) is 0 Å². The summed E-state index contributed by atoms with van der Waals surface area (Å²) in [6.45, 7) is 4.91. The lowest BCUT2D eigenvalue weighted by molar-refractivity contribution is -0.145. The fourth-order valence-electron chi connectivity index (χ4n) is 3.18. The van der Waals surface area contributed by atoms with Crippen LogP contribution in [-0.2, 0) is 14.3 Å². The van der Waals surface area contributed by atoms with Crippen LogP contribution in [0.3, 0.4) is 0 Å². The summed E-state index contributed by atoms with van der Waals surface area (Å²) in [5, 5.41) is 9.49. The van der Waals surface area contributed by atoms with Gasteiger partial charge in [-0.05, 0) is 69.2 Å². The molecule has 1 saturated heterocycles. The number of carbonyl (C=O) groups is 3. The molecule has 7 nitrogen and oxygen atoms in total. The number of likely N-dealkylation sites (tertiary alicyclic amines) is 1. The first kappa shape index (κ1) is 21.3. The van der Waals surface area contributed by atoms with Gasteiger partial charge in [-0.3, -0.25) is 4.79 Å². The summed E-state index contributed by atoms with van der Waals surface area (Å²) in [5.41, 5.74) is -0.304.